The minimum absolute atomic E-state index is 1.15. The second-order valence-corrected chi connectivity index (χ2v) is 6.16. The maximum absolute atomic E-state index is 3.51. The van der Waals surface area contributed by atoms with E-state index in [2.05, 4.69) is 96.1 Å². The van der Waals surface area contributed by atoms with E-state index in [1.54, 1.807) is 0 Å². The normalized spacial score (nSPS) is 11.3. The fourth-order valence-electron chi connectivity index (χ4n) is 3.56. The third-order valence-corrected chi connectivity index (χ3v) is 4.76. The van der Waals surface area contributed by atoms with Crippen molar-refractivity contribution in [2.24, 2.45) is 0 Å². The summed E-state index contributed by atoms with van der Waals surface area (Å²) in [5, 5.41) is 7.62. The zero-order valence-electron chi connectivity index (χ0n) is 13.2. The second-order valence-electron chi connectivity index (χ2n) is 6.16. The minimum Gasteiger partial charge on any atom is -0.210 e. The van der Waals surface area contributed by atoms with Crippen molar-refractivity contribution in [3.63, 3.8) is 0 Å². The molecule has 0 bridgehead atoms. The van der Waals surface area contributed by atoms with Crippen molar-refractivity contribution >= 4 is 32.3 Å². The monoisotopic (exact) mass is 306 g/mol. The van der Waals surface area contributed by atoms with Crippen molar-refractivity contribution in [1.82, 2.24) is 0 Å². The van der Waals surface area contributed by atoms with E-state index in [1.165, 1.54) is 37.9 Å². The van der Waals surface area contributed by atoms with E-state index in [-0.39, 0.29) is 0 Å². The first-order chi connectivity index (χ1) is 11.9. The quantitative estimate of drug-likeness (QED) is 0.356. The summed E-state index contributed by atoms with van der Waals surface area (Å²) in [6.45, 7) is 0. The number of benzene rings is 4. The number of aromatic nitrogens is 1. The summed E-state index contributed by atoms with van der Waals surface area (Å²) in [6.07, 6.45) is 2.13. The van der Waals surface area contributed by atoms with E-state index in [0.29, 0.717) is 0 Å². The second kappa shape index (κ2) is 5.17. The number of nitrogens with one attached hydrogen (secondary N) is 1. The van der Waals surface area contributed by atoms with E-state index in [0.717, 1.165) is 5.69 Å². The van der Waals surface area contributed by atoms with Crippen LogP contribution in [0, 0.1) is 0 Å². The van der Waals surface area contributed by atoms with Gasteiger partial charge in [0, 0.05) is 6.07 Å². The molecule has 1 heterocycles. The van der Waals surface area contributed by atoms with Gasteiger partial charge in [-0.15, -0.1) is 0 Å². The number of pyridine rings is 1. The summed E-state index contributed by atoms with van der Waals surface area (Å²) >= 11 is 0. The largest absolute Gasteiger partial charge is 0.212 e. The van der Waals surface area contributed by atoms with Crippen LogP contribution in [0.15, 0.2) is 91.1 Å². The first-order valence-corrected chi connectivity index (χ1v) is 8.21. The molecule has 5 aromatic rings. The summed E-state index contributed by atoms with van der Waals surface area (Å²) in [4.78, 5) is 3.51. The maximum atomic E-state index is 3.51. The van der Waals surface area contributed by atoms with Crippen molar-refractivity contribution in [2.45, 2.75) is 0 Å². The molecule has 0 fully saturated rings. The van der Waals surface area contributed by atoms with Gasteiger partial charge >= 0.3 is 0 Å². The highest BCUT2D eigenvalue weighted by Crippen LogP contribution is 2.29. The zero-order valence-corrected chi connectivity index (χ0v) is 13.2. The Balaban J connectivity index is 1.80. The number of aromatic amines is 1. The summed E-state index contributed by atoms with van der Waals surface area (Å²) in [7, 11) is 0. The molecule has 0 radical (unpaired) electrons. The topological polar surface area (TPSA) is 14.1 Å². The van der Waals surface area contributed by atoms with Gasteiger partial charge in [-0.25, -0.2) is 4.98 Å². The molecule has 0 saturated carbocycles. The predicted octanol–water partition coefficient (Wildman–Crippen LogP) is 5.63. The van der Waals surface area contributed by atoms with E-state index in [1.807, 2.05) is 0 Å². The molecular weight excluding hydrogens is 290 g/mol. The Hall–Kier alpha value is -3.19. The molecule has 0 atom stereocenters. The molecule has 0 aliphatic heterocycles. The van der Waals surface area contributed by atoms with Gasteiger partial charge in [0.25, 0.3) is 0 Å². The summed E-state index contributed by atoms with van der Waals surface area (Å²) in [6, 6.07) is 30.2. The molecule has 0 spiro atoms. The van der Waals surface area contributed by atoms with Gasteiger partial charge in [0.05, 0.1) is 10.9 Å². The van der Waals surface area contributed by atoms with Gasteiger partial charge in [0.15, 0.2) is 6.20 Å². The van der Waals surface area contributed by atoms with Crippen molar-refractivity contribution in [2.75, 3.05) is 0 Å². The lowest BCUT2D eigenvalue weighted by molar-refractivity contribution is -0.362. The first-order valence-electron chi connectivity index (χ1n) is 8.21. The van der Waals surface area contributed by atoms with Crippen LogP contribution in [-0.4, -0.2) is 0 Å². The lowest BCUT2D eigenvalue weighted by Gasteiger charge is -2.05. The Morgan fingerprint density at radius 1 is 0.500 bits per heavy atom. The number of H-pyrrole nitrogens is 1. The molecule has 1 nitrogen and oxygen atoms in total. The highest BCUT2D eigenvalue weighted by atomic mass is 14.7. The predicted molar refractivity (Wildman–Crippen MR) is 101 cm³/mol. The van der Waals surface area contributed by atoms with Crippen LogP contribution in [0.5, 0.6) is 0 Å². The molecule has 5 rings (SSSR count). The molecule has 4 aromatic carbocycles. The van der Waals surface area contributed by atoms with Crippen molar-refractivity contribution in [3.05, 3.63) is 91.1 Å². The Kier molecular flexibility index (Phi) is 2.86. The van der Waals surface area contributed by atoms with Gasteiger partial charge in [-0.1, -0.05) is 72.8 Å². The molecule has 24 heavy (non-hydrogen) atoms. The van der Waals surface area contributed by atoms with Gasteiger partial charge in [-0.3, -0.25) is 0 Å². The smallest absolute Gasteiger partial charge is 0.210 e. The van der Waals surface area contributed by atoms with Crippen molar-refractivity contribution < 1.29 is 4.98 Å². The van der Waals surface area contributed by atoms with Gasteiger partial charge < -0.3 is 0 Å². The van der Waals surface area contributed by atoms with Crippen LogP contribution < -0.4 is 4.98 Å². The zero-order chi connectivity index (χ0) is 15.9. The SMILES string of the molecule is c1ccc2c(-c3cc4ccc5ccccc5c4c[nH+]3)cccc2c1. The molecule has 0 saturated heterocycles. The first kappa shape index (κ1) is 13.3. The summed E-state index contributed by atoms with van der Waals surface area (Å²) in [5.41, 5.74) is 2.39. The Morgan fingerprint density at radius 3 is 2.04 bits per heavy atom. The average Bonchev–Trinajstić information content (AvgIpc) is 2.67. The third-order valence-electron chi connectivity index (χ3n) is 4.76. The van der Waals surface area contributed by atoms with Crippen LogP contribution in [0.1, 0.15) is 0 Å². The Labute approximate surface area is 140 Å². The van der Waals surface area contributed by atoms with E-state index in [4.69, 9.17) is 0 Å². The van der Waals surface area contributed by atoms with Crippen LogP contribution in [0.4, 0.5) is 0 Å². The van der Waals surface area contributed by atoms with Crippen molar-refractivity contribution in [3.8, 4) is 11.3 Å². The lowest BCUT2D eigenvalue weighted by atomic mass is 9.99. The number of hydrogen-bond acceptors (Lipinski definition) is 0. The van der Waals surface area contributed by atoms with E-state index in [9.17, 15) is 0 Å². The van der Waals surface area contributed by atoms with Crippen LogP contribution in [0.3, 0.4) is 0 Å². The standard InChI is InChI=1S/C23H15N/c1-3-9-19-16(6-1)8-5-11-21(19)23-14-18-13-12-17-7-2-4-10-20(17)22(18)15-24-23/h1-15H/p+1. The van der Waals surface area contributed by atoms with Crippen molar-refractivity contribution in [1.29, 1.82) is 0 Å². The van der Waals surface area contributed by atoms with Crippen LogP contribution in [0.2, 0.25) is 0 Å². The molecule has 112 valence electrons. The minimum atomic E-state index is 1.15. The third kappa shape index (κ3) is 1.99. The van der Waals surface area contributed by atoms with Crippen LogP contribution in [0.25, 0.3) is 43.6 Å². The molecule has 0 aliphatic carbocycles. The fourth-order valence-corrected chi connectivity index (χ4v) is 3.56. The highest BCUT2D eigenvalue weighted by Gasteiger charge is 2.11. The molecular formula is C23H16N+. The highest BCUT2D eigenvalue weighted by molar-refractivity contribution is 6.07. The molecule has 1 aromatic heterocycles. The maximum Gasteiger partial charge on any atom is 0.212 e. The van der Waals surface area contributed by atoms with E-state index >= 15 is 0 Å². The summed E-state index contributed by atoms with van der Waals surface area (Å²) in [5.74, 6) is 0. The Morgan fingerprint density at radius 2 is 1.17 bits per heavy atom. The van der Waals surface area contributed by atoms with Crippen LogP contribution in [-0.2, 0) is 0 Å². The Bertz CT molecular complexity index is 1200. The van der Waals surface area contributed by atoms with Crippen LogP contribution >= 0.6 is 0 Å². The molecule has 0 amide bonds. The van der Waals surface area contributed by atoms with Gasteiger partial charge in [0.2, 0.25) is 5.69 Å². The molecule has 1 N–H and O–H groups in total. The van der Waals surface area contributed by atoms with Gasteiger partial charge in [-0.2, -0.15) is 0 Å². The lowest BCUT2D eigenvalue weighted by Crippen LogP contribution is -2.06. The number of rotatable bonds is 1. The average molecular weight is 306 g/mol. The number of fused-ring (bicyclic) bond motifs is 4. The number of hydrogen-bond donors (Lipinski definition) is 0. The molecule has 0 unspecified atom stereocenters. The van der Waals surface area contributed by atoms with Gasteiger partial charge in [0.1, 0.15) is 0 Å². The summed E-state index contributed by atoms with van der Waals surface area (Å²) < 4.78 is 0. The van der Waals surface area contributed by atoms with E-state index < -0.39 is 0 Å². The molecule has 1 heteroatoms. The fraction of sp³-hybridized carbons (Fsp3) is 0. The molecule has 0 aliphatic rings. The van der Waals surface area contributed by atoms with Gasteiger partial charge in [-0.05, 0) is 33.0 Å².